The largest absolute Gasteiger partial charge is 0.385 e. The molecule has 100 valence electrons. The van der Waals surface area contributed by atoms with Crippen LogP contribution in [0.1, 0.15) is 22.4 Å². The van der Waals surface area contributed by atoms with Crippen molar-refractivity contribution in [3.8, 4) is 0 Å². The van der Waals surface area contributed by atoms with Crippen molar-refractivity contribution in [3.63, 3.8) is 0 Å². The second kappa shape index (κ2) is 6.22. The summed E-state index contributed by atoms with van der Waals surface area (Å²) in [5.41, 5.74) is 4.25. The van der Waals surface area contributed by atoms with Crippen LogP contribution in [0.25, 0.3) is 0 Å². The van der Waals surface area contributed by atoms with Gasteiger partial charge in [0.25, 0.3) is 0 Å². The van der Waals surface area contributed by atoms with Gasteiger partial charge in [0.05, 0.1) is 0 Å². The lowest BCUT2D eigenvalue weighted by Crippen LogP contribution is -2.20. The first-order chi connectivity index (χ1) is 9.43. The van der Waals surface area contributed by atoms with Crippen LogP contribution < -0.4 is 10.6 Å². The summed E-state index contributed by atoms with van der Waals surface area (Å²) in [5, 5.41) is 9.25. The quantitative estimate of drug-likeness (QED) is 0.815. The Kier molecular flexibility index (Phi) is 4.16. The van der Waals surface area contributed by atoms with E-state index >= 15 is 0 Å². The van der Waals surface area contributed by atoms with E-state index in [2.05, 4.69) is 46.3 Å². The lowest BCUT2D eigenvalue weighted by Gasteiger charge is -2.21. The first kappa shape index (κ1) is 12.7. The van der Waals surface area contributed by atoms with Crippen LogP contribution in [0.5, 0.6) is 0 Å². The highest BCUT2D eigenvalue weighted by molar-refractivity contribution is 7.09. The van der Waals surface area contributed by atoms with Crippen molar-refractivity contribution in [2.45, 2.75) is 25.8 Å². The molecule has 1 aromatic heterocycles. The summed E-state index contributed by atoms with van der Waals surface area (Å²) >= 11 is 1.84. The van der Waals surface area contributed by atoms with Gasteiger partial charge in [0.1, 0.15) is 0 Å². The maximum atomic E-state index is 3.56. The average Bonchev–Trinajstić information content (AvgIpc) is 2.97. The zero-order valence-electron chi connectivity index (χ0n) is 11.1. The van der Waals surface area contributed by atoms with E-state index in [1.165, 1.54) is 34.5 Å². The number of nitrogens with one attached hydrogen (secondary N) is 2. The Hall–Kier alpha value is -1.32. The number of hydrogen-bond acceptors (Lipinski definition) is 3. The molecular weight excluding hydrogens is 252 g/mol. The highest BCUT2D eigenvalue weighted by atomic mass is 32.1. The minimum atomic E-state index is 0.960. The van der Waals surface area contributed by atoms with Crippen molar-refractivity contribution in [1.82, 2.24) is 5.32 Å². The molecule has 2 N–H and O–H groups in total. The minimum Gasteiger partial charge on any atom is -0.385 e. The first-order valence-corrected chi connectivity index (χ1v) is 7.89. The minimum absolute atomic E-state index is 0.960. The molecule has 0 amide bonds. The Labute approximate surface area is 118 Å². The van der Waals surface area contributed by atoms with Crippen molar-refractivity contribution in [1.29, 1.82) is 0 Å². The number of para-hydroxylation sites is 1. The molecule has 0 fully saturated rings. The Morgan fingerprint density at radius 1 is 1.21 bits per heavy atom. The van der Waals surface area contributed by atoms with Crippen LogP contribution in [0.3, 0.4) is 0 Å². The van der Waals surface area contributed by atoms with Crippen molar-refractivity contribution < 1.29 is 0 Å². The Balaban J connectivity index is 1.55. The molecule has 1 aromatic carbocycles. The number of fused-ring (bicyclic) bond motifs is 1. The number of hydrogen-bond donors (Lipinski definition) is 2. The third-order valence-corrected chi connectivity index (χ3v) is 4.54. The average molecular weight is 272 g/mol. The summed E-state index contributed by atoms with van der Waals surface area (Å²) in [6, 6.07) is 11.0. The van der Waals surface area contributed by atoms with Gasteiger partial charge in [-0.2, -0.15) is 0 Å². The molecule has 3 rings (SSSR count). The Bertz CT molecular complexity index is 520. The number of anilines is 1. The Morgan fingerprint density at radius 3 is 3.11 bits per heavy atom. The van der Waals surface area contributed by atoms with Crippen LogP contribution in [0, 0.1) is 0 Å². The summed E-state index contributed by atoms with van der Waals surface area (Å²) in [5.74, 6) is 0. The van der Waals surface area contributed by atoms with Crippen LogP contribution in [-0.2, 0) is 19.4 Å². The number of rotatable bonds is 5. The van der Waals surface area contributed by atoms with Crippen molar-refractivity contribution in [3.05, 3.63) is 51.7 Å². The molecule has 2 nitrogen and oxygen atoms in total. The predicted molar refractivity (Wildman–Crippen MR) is 83.0 cm³/mol. The van der Waals surface area contributed by atoms with E-state index in [0.29, 0.717) is 0 Å². The van der Waals surface area contributed by atoms with Gasteiger partial charge < -0.3 is 10.6 Å². The molecule has 0 atom stereocenters. The van der Waals surface area contributed by atoms with Crippen LogP contribution in [0.15, 0.2) is 35.7 Å². The van der Waals surface area contributed by atoms with Gasteiger partial charge in [-0.1, -0.05) is 24.3 Å². The third kappa shape index (κ3) is 3.17. The van der Waals surface area contributed by atoms with E-state index in [1.807, 2.05) is 11.3 Å². The maximum absolute atomic E-state index is 3.56. The molecule has 0 bridgehead atoms. The summed E-state index contributed by atoms with van der Waals surface area (Å²) in [6.07, 6.45) is 3.59. The van der Waals surface area contributed by atoms with Gasteiger partial charge in [0, 0.05) is 30.2 Å². The normalized spacial score (nSPS) is 13.9. The van der Waals surface area contributed by atoms with Crippen molar-refractivity contribution in [2.75, 3.05) is 18.4 Å². The second-order valence-electron chi connectivity index (χ2n) is 4.99. The Morgan fingerprint density at radius 2 is 2.21 bits per heavy atom. The molecule has 0 aliphatic carbocycles. The zero-order chi connectivity index (χ0) is 12.9. The maximum Gasteiger partial charge on any atom is 0.0418 e. The molecule has 0 radical (unpaired) electrons. The lowest BCUT2D eigenvalue weighted by molar-refractivity contribution is 0.688. The van der Waals surface area contributed by atoms with Gasteiger partial charge in [0.2, 0.25) is 0 Å². The molecule has 3 heteroatoms. The second-order valence-corrected chi connectivity index (χ2v) is 6.02. The van der Waals surface area contributed by atoms with E-state index in [0.717, 1.165) is 26.1 Å². The zero-order valence-corrected chi connectivity index (χ0v) is 11.9. The fourth-order valence-electron chi connectivity index (χ4n) is 2.62. The van der Waals surface area contributed by atoms with Gasteiger partial charge in [-0.3, -0.25) is 0 Å². The molecule has 0 saturated heterocycles. The van der Waals surface area contributed by atoms with Gasteiger partial charge >= 0.3 is 0 Å². The number of aryl methyl sites for hydroxylation is 1. The van der Waals surface area contributed by atoms with E-state index in [-0.39, 0.29) is 0 Å². The van der Waals surface area contributed by atoms with Gasteiger partial charge in [0.15, 0.2) is 0 Å². The summed E-state index contributed by atoms with van der Waals surface area (Å²) in [7, 11) is 0. The smallest absolute Gasteiger partial charge is 0.0418 e. The van der Waals surface area contributed by atoms with E-state index in [1.54, 1.807) is 0 Å². The van der Waals surface area contributed by atoms with Crippen LogP contribution in [0.4, 0.5) is 5.69 Å². The highest BCUT2D eigenvalue weighted by Crippen LogP contribution is 2.25. The molecule has 2 aromatic rings. The van der Waals surface area contributed by atoms with Crippen LogP contribution >= 0.6 is 11.3 Å². The molecule has 1 aliphatic heterocycles. The monoisotopic (exact) mass is 272 g/mol. The lowest BCUT2D eigenvalue weighted by atomic mass is 9.99. The van der Waals surface area contributed by atoms with E-state index < -0.39 is 0 Å². The molecule has 1 aliphatic rings. The van der Waals surface area contributed by atoms with E-state index in [4.69, 9.17) is 0 Å². The van der Waals surface area contributed by atoms with Crippen LogP contribution in [0.2, 0.25) is 0 Å². The van der Waals surface area contributed by atoms with Crippen LogP contribution in [-0.4, -0.2) is 13.1 Å². The molecule has 19 heavy (non-hydrogen) atoms. The SMILES string of the molecule is c1csc(CCNCc2cccc3c2NCCC3)c1. The molecule has 0 spiro atoms. The molecule has 0 saturated carbocycles. The summed E-state index contributed by atoms with van der Waals surface area (Å²) < 4.78 is 0. The first-order valence-electron chi connectivity index (χ1n) is 7.01. The predicted octanol–water partition coefficient (Wildman–Crippen LogP) is 3.44. The van der Waals surface area contributed by atoms with Crippen molar-refractivity contribution in [2.24, 2.45) is 0 Å². The summed E-state index contributed by atoms with van der Waals surface area (Å²) in [6.45, 7) is 3.12. The van der Waals surface area contributed by atoms with Gasteiger partial charge in [-0.05, 0) is 41.8 Å². The molecular formula is C16H20N2S. The topological polar surface area (TPSA) is 24.1 Å². The molecule has 2 heterocycles. The highest BCUT2D eigenvalue weighted by Gasteiger charge is 2.11. The fourth-order valence-corrected chi connectivity index (χ4v) is 3.33. The molecule has 0 unspecified atom stereocenters. The van der Waals surface area contributed by atoms with E-state index in [9.17, 15) is 0 Å². The summed E-state index contributed by atoms with van der Waals surface area (Å²) in [4.78, 5) is 1.46. The van der Waals surface area contributed by atoms with Gasteiger partial charge in [-0.25, -0.2) is 0 Å². The van der Waals surface area contributed by atoms with Crippen molar-refractivity contribution >= 4 is 17.0 Å². The fraction of sp³-hybridized carbons (Fsp3) is 0.375. The standard InChI is InChI=1S/C16H20N2S/c1-4-13-6-2-9-18-16(13)14(5-1)12-17-10-8-15-7-3-11-19-15/h1,3-5,7,11,17-18H,2,6,8-10,12H2. The number of benzene rings is 1. The third-order valence-electron chi connectivity index (χ3n) is 3.61. The van der Waals surface area contributed by atoms with Gasteiger partial charge in [-0.15, -0.1) is 11.3 Å². The number of thiophene rings is 1.